The minimum absolute atomic E-state index is 0.0875. The highest BCUT2D eigenvalue weighted by molar-refractivity contribution is 6.34. The van der Waals surface area contributed by atoms with E-state index in [0.29, 0.717) is 6.42 Å². The number of hydrogen-bond donors (Lipinski definition) is 0. The van der Waals surface area contributed by atoms with Crippen LogP contribution in [0.1, 0.15) is 28.8 Å². The Hall–Kier alpha value is -1.61. The first-order valence-electron chi connectivity index (χ1n) is 5.20. The molecule has 1 heterocycles. The lowest BCUT2D eigenvalue weighted by atomic mass is 10.1. The summed E-state index contributed by atoms with van der Waals surface area (Å²) in [7, 11) is 0. The Labute approximate surface area is 103 Å². The minimum Gasteiger partial charge on any atom is -0.458 e. The van der Waals surface area contributed by atoms with Crippen LogP contribution in [0, 0.1) is 5.82 Å². The third-order valence-electron chi connectivity index (χ3n) is 2.41. The highest BCUT2D eigenvalue weighted by Gasteiger charge is 2.16. The van der Waals surface area contributed by atoms with Crippen molar-refractivity contribution in [2.24, 2.45) is 0 Å². The van der Waals surface area contributed by atoms with E-state index in [-0.39, 0.29) is 22.1 Å². The van der Waals surface area contributed by atoms with Crippen LogP contribution in [0.15, 0.2) is 34.7 Å². The van der Waals surface area contributed by atoms with Crippen molar-refractivity contribution in [2.75, 3.05) is 0 Å². The molecule has 1 aromatic carbocycles. The molecule has 0 aliphatic rings. The summed E-state index contributed by atoms with van der Waals surface area (Å²) in [5.41, 5.74) is 0.241. The molecule has 0 spiro atoms. The highest BCUT2D eigenvalue weighted by Crippen LogP contribution is 2.21. The predicted octanol–water partition coefficient (Wildman–Crippen LogP) is 3.87. The van der Waals surface area contributed by atoms with E-state index in [9.17, 15) is 9.18 Å². The molecule has 0 aliphatic heterocycles. The summed E-state index contributed by atoms with van der Waals surface area (Å²) in [4.78, 5) is 12.0. The average molecular weight is 253 g/mol. The van der Waals surface area contributed by atoms with Crippen molar-refractivity contribution in [1.29, 1.82) is 0 Å². The van der Waals surface area contributed by atoms with Gasteiger partial charge in [-0.3, -0.25) is 4.79 Å². The predicted molar refractivity (Wildman–Crippen MR) is 62.9 cm³/mol. The van der Waals surface area contributed by atoms with Gasteiger partial charge >= 0.3 is 0 Å². The van der Waals surface area contributed by atoms with E-state index in [1.54, 1.807) is 12.1 Å². The molecular weight excluding hydrogens is 243 g/mol. The van der Waals surface area contributed by atoms with E-state index in [0.717, 1.165) is 11.8 Å². The molecule has 0 atom stereocenters. The van der Waals surface area contributed by atoms with Gasteiger partial charge in [-0.2, -0.15) is 0 Å². The number of carbonyl (C=O) groups excluding carboxylic acids is 1. The first-order valence-corrected chi connectivity index (χ1v) is 5.58. The van der Waals surface area contributed by atoms with Crippen LogP contribution in [-0.2, 0) is 6.42 Å². The van der Waals surface area contributed by atoms with Gasteiger partial charge in [0.15, 0.2) is 5.76 Å². The summed E-state index contributed by atoms with van der Waals surface area (Å²) in [5.74, 6) is 0.136. The Balaban J connectivity index is 2.36. The van der Waals surface area contributed by atoms with Crippen LogP contribution in [0.4, 0.5) is 4.39 Å². The molecule has 0 N–H and O–H groups in total. The van der Waals surface area contributed by atoms with E-state index in [2.05, 4.69) is 0 Å². The zero-order valence-corrected chi connectivity index (χ0v) is 9.92. The number of ketones is 1. The second-order valence-electron chi connectivity index (χ2n) is 3.57. The number of halogens is 2. The molecule has 0 unspecified atom stereocenters. The average Bonchev–Trinajstić information content (AvgIpc) is 2.76. The summed E-state index contributed by atoms with van der Waals surface area (Å²) in [6.45, 7) is 1.93. The maximum Gasteiger partial charge on any atom is 0.229 e. The first kappa shape index (κ1) is 11.9. The molecule has 0 fully saturated rings. The van der Waals surface area contributed by atoms with Crippen molar-refractivity contribution in [1.82, 2.24) is 0 Å². The zero-order valence-electron chi connectivity index (χ0n) is 9.17. The van der Waals surface area contributed by atoms with Crippen molar-refractivity contribution in [3.63, 3.8) is 0 Å². The van der Waals surface area contributed by atoms with Crippen LogP contribution in [0.5, 0.6) is 0 Å². The Bertz CT molecular complexity index is 560. The fraction of sp³-hybridized carbons (Fsp3) is 0.154. The second kappa shape index (κ2) is 4.72. The number of furan rings is 1. The highest BCUT2D eigenvalue weighted by atomic mass is 35.5. The number of benzene rings is 1. The fourth-order valence-corrected chi connectivity index (χ4v) is 1.75. The summed E-state index contributed by atoms with van der Waals surface area (Å²) >= 11 is 5.81. The molecule has 0 saturated heterocycles. The van der Waals surface area contributed by atoms with Crippen LogP contribution in [-0.4, -0.2) is 5.78 Å². The Morgan fingerprint density at radius 3 is 2.71 bits per heavy atom. The SMILES string of the molecule is CCc1ccc(C(=O)c2ccc(F)cc2Cl)o1. The minimum atomic E-state index is -0.472. The normalized spacial score (nSPS) is 10.5. The van der Waals surface area contributed by atoms with Gasteiger partial charge in [-0.15, -0.1) is 0 Å². The van der Waals surface area contributed by atoms with E-state index in [1.807, 2.05) is 6.92 Å². The van der Waals surface area contributed by atoms with Crippen LogP contribution in [0.3, 0.4) is 0 Å². The maximum absolute atomic E-state index is 12.9. The van der Waals surface area contributed by atoms with Gasteiger partial charge in [-0.25, -0.2) is 4.39 Å². The Morgan fingerprint density at radius 1 is 1.35 bits per heavy atom. The zero-order chi connectivity index (χ0) is 12.4. The Morgan fingerprint density at radius 2 is 2.12 bits per heavy atom. The second-order valence-corrected chi connectivity index (χ2v) is 3.98. The molecule has 0 amide bonds. The molecule has 88 valence electrons. The third-order valence-corrected chi connectivity index (χ3v) is 2.72. The molecule has 2 aromatic rings. The molecule has 17 heavy (non-hydrogen) atoms. The molecule has 0 bridgehead atoms. The van der Waals surface area contributed by atoms with Crippen LogP contribution < -0.4 is 0 Å². The smallest absolute Gasteiger partial charge is 0.229 e. The number of carbonyl (C=O) groups is 1. The summed E-state index contributed by atoms with van der Waals surface area (Å²) in [6.07, 6.45) is 0.713. The quantitative estimate of drug-likeness (QED) is 0.777. The van der Waals surface area contributed by atoms with Gasteiger partial charge in [-0.1, -0.05) is 18.5 Å². The number of hydrogen-bond acceptors (Lipinski definition) is 2. The van der Waals surface area contributed by atoms with E-state index >= 15 is 0 Å². The van der Waals surface area contributed by atoms with Crippen molar-refractivity contribution in [3.8, 4) is 0 Å². The van der Waals surface area contributed by atoms with Gasteiger partial charge < -0.3 is 4.42 Å². The van der Waals surface area contributed by atoms with Gasteiger partial charge in [0.05, 0.1) is 5.02 Å². The summed E-state index contributed by atoms with van der Waals surface area (Å²) < 4.78 is 18.2. The standard InChI is InChI=1S/C13H10ClFO2/c1-2-9-4-6-12(17-9)13(16)10-5-3-8(15)7-11(10)14/h3-7H,2H2,1H3. The van der Waals surface area contributed by atoms with Gasteiger partial charge in [0.2, 0.25) is 5.78 Å². The summed E-state index contributed by atoms with van der Waals surface area (Å²) in [6, 6.07) is 7.00. The number of aryl methyl sites for hydroxylation is 1. The first-order chi connectivity index (χ1) is 8.11. The number of rotatable bonds is 3. The largest absolute Gasteiger partial charge is 0.458 e. The van der Waals surface area contributed by atoms with Crippen molar-refractivity contribution in [2.45, 2.75) is 13.3 Å². The molecule has 4 heteroatoms. The maximum atomic E-state index is 12.9. The Kier molecular flexibility index (Phi) is 3.29. The summed E-state index contributed by atoms with van der Waals surface area (Å²) in [5, 5.41) is 0.0875. The van der Waals surface area contributed by atoms with Gasteiger partial charge in [0.1, 0.15) is 11.6 Å². The van der Waals surface area contributed by atoms with Gasteiger partial charge in [0, 0.05) is 12.0 Å². The lowest BCUT2D eigenvalue weighted by Gasteiger charge is -2.01. The van der Waals surface area contributed by atoms with Crippen molar-refractivity contribution < 1.29 is 13.6 Å². The third kappa shape index (κ3) is 2.39. The fourth-order valence-electron chi connectivity index (χ4n) is 1.50. The van der Waals surface area contributed by atoms with Gasteiger partial charge in [-0.05, 0) is 30.3 Å². The monoisotopic (exact) mass is 252 g/mol. The molecule has 0 saturated carbocycles. The van der Waals surface area contributed by atoms with Crippen molar-refractivity contribution >= 4 is 17.4 Å². The topological polar surface area (TPSA) is 30.2 Å². The molecule has 1 aromatic heterocycles. The van der Waals surface area contributed by atoms with Crippen LogP contribution in [0.2, 0.25) is 5.02 Å². The van der Waals surface area contributed by atoms with Crippen molar-refractivity contribution in [3.05, 3.63) is 58.3 Å². The lowest BCUT2D eigenvalue weighted by Crippen LogP contribution is -2.00. The molecule has 0 radical (unpaired) electrons. The molecule has 2 rings (SSSR count). The van der Waals surface area contributed by atoms with Crippen LogP contribution in [0.25, 0.3) is 0 Å². The van der Waals surface area contributed by atoms with Gasteiger partial charge in [0.25, 0.3) is 0 Å². The van der Waals surface area contributed by atoms with E-state index in [4.69, 9.17) is 16.0 Å². The van der Waals surface area contributed by atoms with E-state index < -0.39 is 5.82 Å². The molecular formula is C13H10ClFO2. The van der Waals surface area contributed by atoms with E-state index in [1.165, 1.54) is 12.1 Å². The molecule has 0 aliphatic carbocycles. The molecule has 2 nitrogen and oxygen atoms in total. The van der Waals surface area contributed by atoms with Crippen LogP contribution >= 0.6 is 11.6 Å². The lowest BCUT2D eigenvalue weighted by molar-refractivity contribution is 0.101.